The quantitative estimate of drug-likeness (QED) is 0.717. The average Bonchev–Trinajstić information content (AvgIpc) is 3.14. The number of aliphatic imine (C=N–C) groups is 1. The zero-order valence-corrected chi connectivity index (χ0v) is 19.0. The van der Waals surface area contributed by atoms with Crippen LogP contribution in [-0.2, 0) is 21.1 Å². The fraction of sp³-hybridized carbons (Fsp3) is 0.391. The Bertz CT molecular complexity index is 1090. The third-order valence-corrected chi connectivity index (χ3v) is 8.79. The number of aryl methyl sites for hydroxylation is 1. The number of carbonyl (C=O) groups is 1. The fourth-order valence-electron chi connectivity index (χ4n) is 4.07. The first kappa shape index (κ1) is 21.1. The summed E-state index contributed by atoms with van der Waals surface area (Å²) in [6.07, 6.45) is 0.234. The molecule has 0 bridgehead atoms. The summed E-state index contributed by atoms with van der Waals surface area (Å²) in [5, 5.41) is 0.520. The van der Waals surface area contributed by atoms with Crippen LogP contribution in [0.3, 0.4) is 0 Å². The number of sulfone groups is 1. The lowest BCUT2D eigenvalue weighted by atomic mass is 9.99. The summed E-state index contributed by atoms with van der Waals surface area (Å²) < 4.78 is 24.6. The van der Waals surface area contributed by atoms with Crippen molar-refractivity contribution in [3.8, 4) is 0 Å². The standard InChI is InChI=1S/C23H26N2O3S2/c1-15(2)18-6-4-5-7-19(18)25-20-13-30(27,28)14-21(20)29-23(25)24-22(26)12-17-10-8-16(3)9-11-17/h4-11,15,20-21H,12-14H2,1-3H3/t20-,21-/m0/s1. The lowest BCUT2D eigenvalue weighted by Gasteiger charge is -2.28. The Kier molecular flexibility index (Phi) is 5.77. The van der Waals surface area contributed by atoms with Gasteiger partial charge in [-0.3, -0.25) is 4.79 Å². The van der Waals surface area contributed by atoms with Gasteiger partial charge in [-0.05, 0) is 30.0 Å². The van der Waals surface area contributed by atoms with Crippen LogP contribution in [0.5, 0.6) is 0 Å². The molecule has 2 fully saturated rings. The summed E-state index contributed by atoms with van der Waals surface area (Å²) in [6, 6.07) is 15.7. The minimum Gasteiger partial charge on any atom is -0.315 e. The van der Waals surface area contributed by atoms with E-state index in [1.807, 2.05) is 54.3 Å². The maximum absolute atomic E-state index is 12.8. The molecule has 0 aromatic heterocycles. The predicted molar refractivity (Wildman–Crippen MR) is 124 cm³/mol. The van der Waals surface area contributed by atoms with Crippen molar-refractivity contribution in [1.82, 2.24) is 0 Å². The molecule has 30 heavy (non-hydrogen) atoms. The highest BCUT2D eigenvalue weighted by Gasteiger charge is 2.49. The molecule has 0 N–H and O–H groups in total. The van der Waals surface area contributed by atoms with Gasteiger partial charge in [0.15, 0.2) is 15.0 Å². The highest BCUT2D eigenvalue weighted by atomic mass is 32.2. The molecule has 4 rings (SSSR count). The van der Waals surface area contributed by atoms with Gasteiger partial charge in [-0.2, -0.15) is 4.99 Å². The molecule has 0 unspecified atom stereocenters. The molecule has 0 saturated carbocycles. The van der Waals surface area contributed by atoms with Crippen LogP contribution in [0.15, 0.2) is 53.5 Å². The van der Waals surface area contributed by atoms with E-state index in [-0.39, 0.29) is 41.0 Å². The molecule has 0 radical (unpaired) electrons. The van der Waals surface area contributed by atoms with Crippen molar-refractivity contribution in [1.29, 1.82) is 0 Å². The van der Waals surface area contributed by atoms with E-state index < -0.39 is 9.84 Å². The molecule has 1 amide bonds. The Morgan fingerprint density at radius 1 is 1.13 bits per heavy atom. The van der Waals surface area contributed by atoms with Crippen molar-refractivity contribution in [3.63, 3.8) is 0 Å². The van der Waals surface area contributed by atoms with Crippen LogP contribution >= 0.6 is 11.8 Å². The number of amidine groups is 1. The molecule has 2 aromatic rings. The summed E-state index contributed by atoms with van der Waals surface area (Å²) in [7, 11) is -3.09. The highest BCUT2D eigenvalue weighted by molar-refractivity contribution is 8.16. The summed E-state index contributed by atoms with van der Waals surface area (Å²) in [4.78, 5) is 19.2. The van der Waals surface area contributed by atoms with E-state index in [9.17, 15) is 13.2 Å². The Labute approximate surface area is 182 Å². The van der Waals surface area contributed by atoms with E-state index in [0.29, 0.717) is 5.17 Å². The second kappa shape index (κ2) is 8.19. The van der Waals surface area contributed by atoms with Gasteiger partial charge in [0.1, 0.15) is 0 Å². The number of benzene rings is 2. The first-order chi connectivity index (χ1) is 14.2. The topological polar surface area (TPSA) is 66.8 Å². The second-order valence-corrected chi connectivity index (χ2v) is 11.7. The molecular formula is C23H26N2O3S2. The highest BCUT2D eigenvalue weighted by Crippen LogP contribution is 2.43. The number of carbonyl (C=O) groups excluding carboxylic acids is 1. The monoisotopic (exact) mass is 442 g/mol. The minimum atomic E-state index is -3.09. The van der Waals surface area contributed by atoms with Crippen LogP contribution in [0.25, 0.3) is 0 Å². The van der Waals surface area contributed by atoms with Gasteiger partial charge in [0.25, 0.3) is 5.91 Å². The third-order valence-electron chi connectivity index (χ3n) is 5.58. The molecule has 2 aliphatic heterocycles. The Morgan fingerprint density at radius 2 is 1.83 bits per heavy atom. The molecule has 2 aliphatic rings. The van der Waals surface area contributed by atoms with Crippen molar-refractivity contribution in [2.45, 2.75) is 44.4 Å². The number of para-hydroxylation sites is 1. The van der Waals surface area contributed by atoms with Crippen molar-refractivity contribution in [2.75, 3.05) is 16.4 Å². The van der Waals surface area contributed by atoms with Crippen molar-refractivity contribution in [2.24, 2.45) is 4.99 Å². The lowest BCUT2D eigenvalue weighted by Crippen LogP contribution is -2.38. The number of fused-ring (bicyclic) bond motifs is 1. The molecule has 0 spiro atoms. The van der Waals surface area contributed by atoms with E-state index in [1.54, 1.807) is 0 Å². The van der Waals surface area contributed by atoms with Crippen LogP contribution in [-0.4, -0.2) is 42.3 Å². The summed E-state index contributed by atoms with van der Waals surface area (Å²) in [5.41, 5.74) is 4.15. The number of rotatable bonds is 4. The molecular weight excluding hydrogens is 416 g/mol. The number of hydrogen-bond acceptors (Lipinski definition) is 4. The van der Waals surface area contributed by atoms with Gasteiger partial charge >= 0.3 is 0 Å². The van der Waals surface area contributed by atoms with Crippen LogP contribution in [0, 0.1) is 6.92 Å². The summed E-state index contributed by atoms with van der Waals surface area (Å²) in [5.74, 6) is 0.292. The largest absolute Gasteiger partial charge is 0.315 e. The third kappa shape index (κ3) is 4.32. The molecule has 2 heterocycles. The first-order valence-electron chi connectivity index (χ1n) is 10.2. The number of anilines is 1. The van der Waals surface area contributed by atoms with Crippen LogP contribution in [0.1, 0.15) is 36.5 Å². The van der Waals surface area contributed by atoms with E-state index in [1.165, 1.54) is 11.8 Å². The van der Waals surface area contributed by atoms with Gasteiger partial charge in [0, 0.05) is 10.9 Å². The summed E-state index contributed by atoms with van der Waals surface area (Å²) in [6.45, 7) is 6.24. The van der Waals surface area contributed by atoms with Crippen LogP contribution in [0.2, 0.25) is 0 Å². The van der Waals surface area contributed by atoms with Crippen molar-refractivity contribution in [3.05, 3.63) is 65.2 Å². The number of amides is 1. The second-order valence-electron chi connectivity index (χ2n) is 8.33. The van der Waals surface area contributed by atoms with Gasteiger partial charge in [-0.15, -0.1) is 0 Å². The van der Waals surface area contributed by atoms with Crippen molar-refractivity contribution >= 4 is 38.4 Å². The van der Waals surface area contributed by atoms with Crippen LogP contribution < -0.4 is 4.90 Å². The van der Waals surface area contributed by atoms with Crippen LogP contribution in [0.4, 0.5) is 5.69 Å². The van der Waals surface area contributed by atoms with E-state index in [0.717, 1.165) is 22.4 Å². The van der Waals surface area contributed by atoms with Gasteiger partial charge < -0.3 is 4.90 Å². The SMILES string of the molecule is Cc1ccc(CC(=O)N=C2S[C@H]3CS(=O)(=O)C[C@@H]3N2c2ccccc2C(C)C)cc1. The molecule has 5 nitrogen and oxygen atoms in total. The Balaban J connectivity index is 1.69. The molecule has 0 aliphatic carbocycles. The van der Waals surface area contributed by atoms with E-state index >= 15 is 0 Å². The minimum absolute atomic E-state index is 0.0962. The maximum Gasteiger partial charge on any atom is 0.252 e. The van der Waals surface area contributed by atoms with Gasteiger partial charge in [0.2, 0.25) is 0 Å². The Morgan fingerprint density at radius 3 is 2.53 bits per heavy atom. The number of hydrogen-bond donors (Lipinski definition) is 0. The Hall–Kier alpha value is -2.12. The first-order valence-corrected chi connectivity index (χ1v) is 12.9. The lowest BCUT2D eigenvalue weighted by molar-refractivity contribution is -0.117. The maximum atomic E-state index is 12.8. The van der Waals surface area contributed by atoms with Gasteiger partial charge in [-0.1, -0.05) is 73.6 Å². The molecule has 7 heteroatoms. The molecule has 158 valence electrons. The molecule has 2 aromatic carbocycles. The zero-order valence-electron chi connectivity index (χ0n) is 17.4. The molecule has 2 saturated heterocycles. The average molecular weight is 443 g/mol. The van der Waals surface area contributed by atoms with E-state index in [4.69, 9.17) is 0 Å². The number of nitrogens with zero attached hydrogens (tertiary/aromatic N) is 2. The summed E-state index contributed by atoms with van der Waals surface area (Å²) >= 11 is 1.42. The smallest absolute Gasteiger partial charge is 0.252 e. The predicted octanol–water partition coefficient (Wildman–Crippen LogP) is 3.96. The van der Waals surface area contributed by atoms with Gasteiger partial charge in [0.05, 0.1) is 24.0 Å². The normalized spacial score (nSPS) is 23.9. The zero-order chi connectivity index (χ0) is 21.5. The number of thioether (sulfide) groups is 1. The van der Waals surface area contributed by atoms with E-state index in [2.05, 4.69) is 24.9 Å². The van der Waals surface area contributed by atoms with Gasteiger partial charge in [-0.25, -0.2) is 8.42 Å². The van der Waals surface area contributed by atoms with Crippen molar-refractivity contribution < 1.29 is 13.2 Å². The molecule has 2 atom stereocenters. The fourth-order valence-corrected chi connectivity index (χ4v) is 7.99.